The summed E-state index contributed by atoms with van der Waals surface area (Å²) in [5.74, 6) is -0.104. The van der Waals surface area contributed by atoms with Gasteiger partial charge >= 0.3 is 23.9 Å². The Morgan fingerprint density at radius 3 is 1.31 bits per heavy atom. The molecule has 0 saturated heterocycles. The summed E-state index contributed by atoms with van der Waals surface area (Å²) in [6.45, 7) is 18.3. The molecule has 0 bridgehead atoms. The lowest BCUT2D eigenvalue weighted by atomic mass is 9.96. The van der Waals surface area contributed by atoms with Gasteiger partial charge < -0.3 is 18.9 Å². The van der Waals surface area contributed by atoms with E-state index in [0.717, 1.165) is 55.6 Å². The van der Waals surface area contributed by atoms with Gasteiger partial charge in [-0.05, 0) is 145 Å². The molecule has 0 amide bonds. The van der Waals surface area contributed by atoms with E-state index in [1.54, 1.807) is 56.3 Å². The van der Waals surface area contributed by atoms with Crippen molar-refractivity contribution in [2.45, 2.75) is 47.0 Å². The molecule has 8 nitrogen and oxygen atoms in total. The van der Waals surface area contributed by atoms with Gasteiger partial charge in [-0.3, -0.25) is 4.79 Å². The zero-order valence-electron chi connectivity index (χ0n) is 34.7. The maximum Gasteiger partial charge on any atom is 0.338 e. The van der Waals surface area contributed by atoms with Crippen LogP contribution in [0.1, 0.15) is 44.2 Å². The van der Waals surface area contributed by atoms with Crippen molar-refractivity contribution in [2.24, 2.45) is 0 Å². The lowest BCUT2D eigenvalue weighted by Gasteiger charge is -2.11. The fourth-order valence-corrected chi connectivity index (χ4v) is 6.39. The van der Waals surface area contributed by atoms with Crippen molar-refractivity contribution in [3.05, 3.63) is 181 Å². The molecule has 6 rings (SSSR count). The molecule has 0 spiro atoms. The fraction of sp³-hybridized carbons (Fsp3) is 0.132. The third-order valence-corrected chi connectivity index (χ3v) is 9.86. The molecule has 306 valence electrons. The summed E-state index contributed by atoms with van der Waals surface area (Å²) >= 11 is 0. The lowest BCUT2D eigenvalue weighted by Crippen LogP contribution is -2.12. The molecule has 0 aliphatic heterocycles. The first-order chi connectivity index (χ1) is 29.2. The first-order valence-electron chi connectivity index (χ1n) is 19.7. The summed E-state index contributed by atoms with van der Waals surface area (Å²) in [6.07, 6.45) is 0.760. The van der Waals surface area contributed by atoms with Gasteiger partial charge in [-0.25, -0.2) is 14.4 Å². The zero-order valence-corrected chi connectivity index (χ0v) is 34.7. The minimum Gasteiger partial charge on any atom is -0.427 e. The SMILES string of the molecule is C=C(C)C(=O)Oc1ccc(-c2ccc(-c3ccc(OC(=O)CCCC(=C)C(=O)Oc4ccc(-c5ccc(-c6ccc(OC(=O)C(=C)C)c(C)c6)cc5)cc4)cc3)c(C)c2)cc1. The minimum atomic E-state index is -0.556. The highest BCUT2D eigenvalue weighted by Crippen LogP contribution is 2.32. The van der Waals surface area contributed by atoms with Crippen molar-refractivity contribution in [1.82, 2.24) is 0 Å². The number of hydrogen-bond acceptors (Lipinski definition) is 8. The third-order valence-electron chi connectivity index (χ3n) is 9.86. The van der Waals surface area contributed by atoms with Gasteiger partial charge in [-0.2, -0.15) is 0 Å². The van der Waals surface area contributed by atoms with Crippen LogP contribution in [0.4, 0.5) is 0 Å². The Morgan fingerprint density at radius 2 is 0.820 bits per heavy atom. The molecule has 6 aromatic carbocycles. The van der Waals surface area contributed by atoms with Crippen LogP contribution in [0, 0.1) is 13.8 Å². The molecule has 0 unspecified atom stereocenters. The van der Waals surface area contributed by atoms with E-state index in [2.05, 4.69) is 25.8 Å². The highest BCUT2D eigenvalue weighted by molar-refractivity contribution is 5.90. The molecule has 0 aromatic heterocycles. The molecular formula is C53H46O8. The molecule has 0 atom stereocenters. The van der Waals surface area contributed by atoms with E-state index in [0.29, 0.717) is 40.6 Å². The van der Waals surface area contributed by atoms with Gasteiger partial charge in [-0.1, -0.05) is 105 Å². The van der Waals surface area contributed by atoms with Crippen LogP contribution in [0.2, 0.25) is 0 Å². The number of carbonyl (C=O) groups is 4. The first-order valence-corrected chi connectivity index (χ1v) is 19.7. The Kier molecular flexibility index (Phi) is 13.7. The Morgan fingerprint density at radius 1 is 0.426 bits per heavy atom. The normalized spacial score (nSPS) is 10.6. The van der Waals surface area contributed by atoms with Crippen molar-refractivity contribution in [2.75, 3.05) is 0 Å². The van der Waals surface area contributed by atoms with Crippen LogP contribution in [0.25, 0.3) is 44.5 Å². The quantitative estimate of drug-likeness (QED) is 0.0573. The molecular weight excluding hydrogens is 765 g/mol. The van der Waals surface area contributed by atoms with Crippen molar-refractivity contribution in [3.8, 4) is 67.5 Å². The topological polar surface area (TPSA) is 105 Å². The Balaban J connectivity index is 0.937. The molecule has 0 radical (unpaired) electrons. The highest BCUT2D eigenvalue weighted by Gasteiger charge is 2.14. The largest absolute Gasteiger partial charge is 0.427 e. The monoisotopic (exact) mass is 810 g/mol. The number of esters is 4. The average Bonchev–Trinajstić information content (AvgIpc) is 3.25. The van der Waals surface area contributed by atoms with Gasteiger partial charge in [-0.15, -0.1) is 0 Å². The van der Waals surface area contributed by atoms with Gasteiger partial charge in [0, 0.05) is 23.1 Å². The summed E-state index contributed by atoms with van der Waals surface area (Å²) < 4.78 is 21.8. The van der Waals surface area contributed by atoms with E-state index in [1.165, 1.54) is 0 Å². The molecule has 0 N–H and O–H groups in total. The third kappa shape index (κ3) is 11.3. The Hall–Kier alpha value is -7.58. The second-order valence-electron chi connectivity index (χ2n) is 14.8. The van der Waals surface area contributed by atoms with E-state index in [-0.39, 0.29) is 18.4 Å². The molecule has 6 aromatic rings. The second-order valence-corrected chi connectivity index (χ2v) is 14.8. The van der Waals surface area contributed by atoms with Crippen LogP contribution in [0.15, 0.2) is 170 Å². The number of hydrogen-bond donors (Lipinski definition) is 0. The van der Waals surface area contributed by atoms with E-state index in [4.69, 9.17) is 18.9 Å². The summed E-state index contributed by atoms with van der Waals surface area (Å²) in [5, 5.41) is 0. The Labute approximate surface area is 356 Å². The predicted octanol–water partition coefficient (Wildman–Crippen LogP) is 12.2. The summed E-state index contributed by atoms with van der Waals surface area (Å²) in [7, 11) is 0. The smallest absolute Gasteiger partial charge is 0.338 e. The minimum absolute atomic E-state index is 0.106. The maximum atomic E-state index is 12.8. The summed E-state index contributed by atoms with van der Waals surface area (Å²) in [6, 6.07) is 41.8. The van der Waals surface area contributed by atoms with E-state index >= 15 is 0 Å². The second kappa shape index (κ2) is 19.4. The van der Waals surface area contributed by atoms with Gasteiger partial charge in [0.2, 0.25) is 0 Å². The van der Waals surface area contributed by atoms with Crippen molar-refractivity contribution in [1.29, 1.82) is 0 Å². The average molecular weight is 811 g/mol. The van der Waals surface area contributed by atoms with E-state index < -0.39 is 23.9 Å². The predicted molar refractivity (Wildman–Crippen MR) is 239 cm³/mol. The molecule has 8 heteroatoms. The molecule has 0 fully saturated rings. The molecule has 0 saturated carbocycles. The van der Waals surface area contributed by atoms with Crippen molar-refractivity contribution < 1.29 is 38.1 Å². The standard InChI is InChI=1S/C53H46O8/c1-33(2)51(55)59-46-25-17-41(18-26-46)43-21-29-48(36(6)31-43)42-19-27-45(28-20-42)58-50(54)10-8-9-35(5)53(57)60-47-23-15-39(16-24-47)38-11-13-40(14-12-38)44-22-30-49(37(7)32-44)61-52(56)34(3)4/h11-32H,1,3,5,8-10H2,2,4,6-7H3. The number of rotatable bonds is 15. The van der Waals surface area contributed by atoms with Crippen LogP contribution in [-0.2, 0) is 19.2 Å². The first kappa shape index (κ1) is 43.0. The van der Waals surface area contributed by atoms with Gasteiger partial charge in [0.15, 0.2) is 0 Å². The number of ether oxygens (including phenoxy) is 4. The van der Waals surface area contributed by atoms with Crippen molar-refractivity contribution >= 4 is 23.9 Å². The van der Waals surface area contributed by atoms with Crippen LogP contribution in [-0.4, -0.2) is 23.9 Å². The molecule has 61 heavy (non-hydrogen) atoms. The van der Waals surface area contributed by atoms with Crippen LogP contribution < -0.4 is 18.9 Å². The van der Waals surface area contributed by atoms with Crippen LogP contribution in [0.5, 0.6) is 23.0 Å². The molecule has 0 aliphatic carbocycles. The fourth-order valence-electron chi connectivity index (χ4n) is 6.39. The maximum absolute atomic E-state index is 12.8. The highest BCUT2D eigenvalue weighted by atomic mass is 16.5. The molecule has 0 heterocycles. The van der Waals surface area contributed by atoms with Crippen LogP contribution in [0.3, 0.4) is 0 Å². The zero-order chi connectivity index (χ0) is 43.6. The van der Waals surface area contributed by atoms with E-state index in [9.17, 15) is 19.2 Å². The van der Waals surface area contributed by atoms with Gasteiger partial charge in [0.05, 0.1) is 0 Å². The summed E-state index contributed by atoms with van der Waals surface area (Å²) in [4.78, 5) is 49.2. The van der Waals surface area contributed by atoms with Gasteiger partial charge in [0.25, 0.3) is 0 Å². The number of aryl methyl sites for hydroxylation is 2. The summed E-state index contributed by atoms with van der Waals surface area (Å²) in [5.41, 5.74) is 10.8. The van der Waals surface area contributed by atoms with E-state index in [1.807, 2.05) is 98.8 Å². The number of benzene rings is 6. The Bertz CT molecular complexity index is 2630. The molecule has 0 aliphatic rings. The van der Waals surface area contributed by atoms with Crippen molar-refractivity contribution in [3.63, 3.8) is 0 Å². The van der Waals surface area contributed by atoms with Crippen LogP contribution >= 0.6 is 0 Å². The lowest BCUT2D eigenvalue weighted by molar-refractivity contribution is -0.135. The van der Waals surface area contributed by atoms with Gasteiger partial charge in [0.1, 0.15) is 23.0 Å². The number of carbonyl (C=O) groups excluding carboxylic acids is 4.